The Hall–Kier alpha value is -1.48. The number of amides is 1. The van der Waals surface area contributed by atoms with Gasteiger partial charge in [-0.15, -0.1) is 3.89 Å². The van der Waals surface area contributed by atoms with E-state index in [-0.39, 0.29) is 29.5 Å². The van der Waals surface area contributed by atoms with E-state index >= 15 is 0 Å². The second kappa shape index (κ2) is 5.72. The van der Waals surface area contributed by atoms with Crippen molar-refractivity contribution in [3.05, 3.63) is 24.3 Å². The number of sulfone groups is 1. The average Bonchev–Trinajstić information content (AvgIpc) is 2.67. The summed E-state index contributed by atoms with van der Waals surface area (Å²) in [4.78, 5) is 11.2. The maximum Gasteiger partial charge on any atom is 0.334 e. The van der Waals surface area contributed by atoms with Gasteiger partial charge >= 0.3 is 10.2 Å². The van der Waals surface area contributed by atoms with Crippen molar-refractivity contribution in [1.29, 1.82) is 0 Å². The van der Waals surface area contributed by atoms with Gasteiger partial charge in [0.25, 0.3) is 0 Å². The van der Waals surface area contributed by atoms with Crippen LogP contribution in [-0.4, -0.2) is 34.2 Å². The molecule has 1 unspecified atom stereocenters. The van der Waals surface area contributed by atoms with Crippen LogP contribution in [0.4, 0.5) is 9.57 Å². The molecule has 1 aliphatic heterocycles. The van der Waals surface area contributed by atoms with Crippen molar-refractivity contribution in [1.82, 2.24) is 0 Å². The van der Waals surface area contributed by atoms with Crippen molar-refractivity contribution in [2.45, 2.75) is 17.7 Å². The lowest BCUT2D eigenvalue weighted by Crippen LogP contribution is -2.18. The molecule has 6 nitrogen and oxygen atoms in total. The average molecular weight is 335 g/mol. The third kappa shape index (κ3) is 4.24. The number of hydrogen-bond donors (Lipinski definition) is 1. The van der Waals surface area contributed by atoms with E-state index in [1.165, 1.54) is 18.2 Å². The highest BCUT2D eigenvalue weighted by Gasteiger charge is 2.29. The van der Waals surface area contributed by atoms with Gasteiger partial charge in [-0.2, -0.15) is 8.42 Å². The van der Waals surface area contributed by atoms with E-state index in [0.29, 0.717) is 6.42 Å². The van der Waals surface area contributed by atoms with Crippen molar-refractivity contribution in [3.63, 3.8) is 0 Å². The summed E-state index contributed by atoms with van der Waals surface area (Å²) >= 11 is 0. The first-order valence-corrected chi connectivity index (χ1v) is 9.42. The first-order chi connectivity index (χ1) is 9.67. The van der Waals surface area contributed by atoms with Crippen LogP contribution in [0.15, 0.2) is 29.2 Å². The summed E-state index contributed by atoms with van der Waals surface area (Å²) in [6, 6.07) is 5.12. The minimum atomic E-state index is -4.94. The first kappa shape index (κ1) is 15.9. The fraction of sp³-hybridized carbons (Fsp3) is 0.417. The number of carbonyl (C=O) groups is 1. The number of carbonyl (C=O) groups excluding carboxylic acids is 1. The van der Waals surface area contributed by atoms with Gasteiger partial charge in [-0.3, -0.25) is 4.79 Å². The molecule has 2 rings (SSSR count). The number of halogens is 1. The highest BCUT2D eigenvalue weighted by molar-refractivity contribution is 7.91. The molecule has 1 N–H and O–H groups in total. The fourth-order valence-corrected chi connectivity index (χ4v) is 4.76. The predicted molar refractivity (Wildman–Crippen MR) is 74.7 cm³/mol. The maximum atomic E-state index is 13.1. The summed E-state index contributed by atoms with van der Waals surface area (Å²) in [5.41, 5.74) is -0.147. The van der Waals surface area contributed by atoms with Crippen LogP contribution < -0.4 is 5.32 Å². The zero-order chi connectivity index (χ0) is 15.7. The Labute approximate surface area is 122 Å². The van der Waals surface area contributed by atoms with Crippen LogP contribution in [0.2, 0.25) is 0 Å². The molecule has 1 atom stereocenters. The van der Waals surface area contributed by atoms with Gasteiger partial charge in [0, 0.05) is 6.42 Å². The van der Waals surface area contributed by atoms with Crippen LogP contribution in [0, 0.1) is 5.92 Å². The molecule has 1 heterocycles. The van der Waals surface area contributed by atoms with Crippen molar-refractivity contribution in [2.24, 2.45) is 5.92 Å². The summed E-state index contributed by atoms with van der Waals surface area (Å²) < 4.78 is 57.6. The van der Waals surface area contributed by atoms with Gasteiger partial charge in [0.05, 0.1) is 17.2 Å². The molecule has 0 bridgehead atoms. The van der Waals surface area contributed by atoms with Gasteiger partial charge < -0.3 is 5.32 Å². The monoisotopic (exact) mass is 335 g/mol. The summed E-state index contributed by atoms with van der Waals surface area (Å²) in [5, 5.41) is 2.32. The van der Waals surface area contributed by atoms with Gasteiger partial charge in [-0.25, -0.2) is 8.42 Å². The van der Waals surface area contributed by atoms with Crippen LogP contribution >= 0.6 is 0 Å². The highest BCUT2D eigenvalue weighted by atomic mass is 32.3. The van der Waals surface area contributed by atoms with E-state index in [1.807, 2.05) is 0 Å². The van der Waals surface area contributed by atoms with Gasteiger partial charge in [-0.1, -0.05) is 12.1 Å². The second-order valence-corrected chi connectivity index (χ2v) is 8.50. The Morgan fingerprint density at radius 2 is 2.00 bits per heavy atom. The smallest absolute Gasteiger partial charge is 0.325 e. The van der Waals surface area contributed by atoms with E-state index in [0.717, 1.165) is 6.07 Å². The molecule has 21 heavy (non-hydrogen) atoms. The topological polar surface area (TPSA) is 97.4 Å². The Morgan fingerprint density at radius 1 is 1.33 bits per heavy atom. The molecule has 0 spiro atoms. The van der Waals surface area contributed by atoms with E-state index < -0.39 is 30.9 Å². The SMILES string of the molecule is O=C(CC1CCS(=O)(=O)C1)Nc1ccccc1S(=O)(=O)F. The second-order valence-electron chi connectivity index (χ2n) is 4.96. The molecule has 1 saturated heterocycles. The zero-order valence-electron chi connectivity index (χ0n) is 11.0. The lowest BCUT2D eigenvalue weighted by atomic mass is 10.1. The number of hydrogen-bond acceptors (Lipinski definition) is 5. The first-order valence-electron chi connectivity index (χ1n) is 6.21. The largest absolute Gasteiger partial charge is 0.334 e. The van der Waals surface area contributed by atoms with E-state index in [9.17, 15) is 25.5 Å². The van der Waals surface area contributed by atoms with Crippen molar-refractivity contribution >= 4 is 31.7 Å². The molecule has 1 aliphatic rings. The number of para-hydroxylation sites is 1. The third-order valence-corrected chi connectivity index (χ3v) is 5.94. The molecule has 1 fully saturated rings. The zero-order valence-corrected chi connectivity index (χ0v) is 12.6. The summed E-state index contributed by atoms with van der Waals surface area (Å²) in [6.45, 7) is 0. The van der Waals surface area contributed by atoms with Gasteiger partial charge in [0.2, 0.25) is 5.91 Å². The highest BCUT2D eigenvalue weighted by Crippen LogP contribution is 2.25. The van der Waals surface area contributed by atoms with Crippen molar-refractivity contribution in [3.8, 4) is 0 Å². The quantitative estimate of drug-likeness (QED) is 0.831. The Balaban J connectivity index is 2.08. The van der Waals surface area contributed by atoms with Crippen LogP contribution in [-0.2, 0) is 24.9 Å². The number of nitrogens with one attached hydrogen (secondary N) is 1. The summed E-state index contributed by atoms with van der Waals surface area (Å²) in [6.07, 6.45) is 0.360. The lowest BCUT2D eigenvalue weighted by Gasteiger charge is -2.10. The number of benzene rings is 1. The van der Waals surface area contributed by atoms with E-state index in [4.69, 9.17) is 0 Å². The Bertz CT molecular complexity index is 758. The lowest BCUT2D eigenvalue weighted by molar-refractivity contribution is -0.116. The normalized spacial score (nSPS) is 21.1. The minimum absolute atomic E-state index is 0.0418. The van der Waals surface area contributed by atoms with E-state index in [2.05, 4.69) is 5.32 Å². The Kier molecular flexibility index (Phi) is 4.33. The maximum absolute atomic E-state index is 13.1. The molecule has 1 aromatic carbocycles. The molecule has 0 aliphatic carbocycles. The molecule has 0 aromatic heterocycles. The standard InChI is InChI=1S/C12H14FNO5S2/c13-21(18,19)11-4-2-1-3-10(11)14-12(15)7-9-5-6-20(16,17)8-9/h1-4,9H,5-8H2,(H,14,15). The molecule has 0 radical (unpaired) electrons. The van der Waals surface area contributed by atoms with E-state index in [1.54, 1.807) is 0 Å². The molecule has 1 aromatic rings. The minimum Gasteiger partial charge on any atom is -0.325 e. The Morgan fingerprint density at radius 3 is 2.57 bits per heavy atom. The molecule has 0 saturated carbocycles. The molecular weight excluding hydrogens is 321 g/mol. The number of rotatable bonds is 4. The fourth-order valence-electron chi connectivity index (χ4n) is 2.28. The van der Waals surface area contributed by atoms with Crippen molar-refractivity contribution < 1.29 is 25.5 Å². The van der Waals surface area contributed by atoms with Crippen molar-refractivity contribution in [2.75, 3.05) is 16.8 Å². The summed E-state index contributed by atoms with van der Waals surface area (Å²) in [7, 11) is -8.02. The van der Waals surface area contributed by atoms with Gasteiger partial charge in [0.1, 0.15) is 4.90 Å². The van der Waals surface area contributed by atoms with Crippen LogP contribution in [0.25, 0.3) is 0 Å². The number of anilines is 1. The third-order valence-electron chi connectivity index (χ3n) is 3.22. The molecular formula is C12H14FNO5S2. The summed E-state index contributed by atoms with van der Waals surface area (Å²) in [5.74, 6) is -0.818. The predicted octanol–water partition coefficient (Wildman–Crippen LogP) is 1.11. The van der Waals surface area contributed by atoms with Crippen LogP contribution in [0.3, 0.4) is 0 Å². The molecule has 116 valence electrons. The van der Waals surface area contributed by atoms with Crippen LogP contribution in [0.5, 0.6) is 0 Å². The molecule has 1 amide bonds. The molecule has 9 heteroatoms. The van der Waals surface area contributed by atoms with Gasteiger partial charge in [-0.05, 0) is 24.5 Å². The van der Waals surface area contributed by atoms with Crippen LogP contribution in [0.1, 0.15) is 12.8 Å². The van der Waals surface area contributed by atoms with Gasteiger partial charge in [0.15, 0.2) is 9.84 Å².